The number of nitrogen functional groups attached to an aromatic ring is 1. The number of benzene rings is 1. The van der Waals surface area contributed by atoms with Crippen LogP contribution in [0.15, 0.2) is 23.1 Å². The Bertz CT molecular complexity index is 514. The van der Waals surface area contributed by atoms with E-state index < -0.39 is 15.6 Å². The van der Waals surface area contributed by atoms with Crippen molar-refractivity contribution in [1.29, 1.82) is 0 Å². The predicted octanol–water partition coefficient (Wildman–Crippen LogP) is -0.888. The molecule has 0 amide bonds. The summed E-state index contributed by atoms with van der Waals surface area (Å²) >= 11 is 0. The summed E-state index contributed by atoms with van der Waals surface area (Å²) in [6, 6.07) is 4.23. The lowest BCUT2D eigenvalue weighted by Crippen LogP contribution is -2.47. The van der Waals surface area contributed by atoms with Crippen molar-refractivity contribution in [2.75, 3.05) is 12.3 Å². The molecule has 0 aromatic heterocycles. The third-order valence-electron chi connectivity index (χ3n) is 2.13. The zero-order chi connectivity index (χ0) is 13.3. The molecule has 1 rings (SSSR count). The standard InChI is InChI=1S/C10H15BN2O3S/c1-10(2,6-14)13-17(15,16)9-5-7(12)3-4-8(9)11/h3-5,13-14H,6,12H2,1-2H3. The van der Waals surface area contributed by atoms with Crippen LogP contribution in [0.3, 0.4) is 0 Å². The minimum absolute atomic E-state index is 0.0842. The lowest BCUT2D eigenvalue weighted by Gasteiger charge is -2.23. The Morgan fingerprint density at radius 2 is 2.06 bits per heavy atom. The van der Waals surface area contributed by atoms with Crippen molar-refractivity contribution >= 4 is 29.0 Å². The van der Waals surface area contributed by atoms with Crippen LogP contribution in [-0.2, 0) is 10.0 Å². The molecule has 5 nitrogen and oxygen atoms in total. The second kappa shape index (κ2) is 4.68. The second-order valence-electron chi connectivity index (χ2n) is 4.44. The number of nitrogens with one attached hydrogen (secondary N) is 1. The Hall–Kier alpha value is -1.05. The number of hydrogen-bond acceptors (Lipinski definition) is 4. The highest BCUT2D eigenvalue weighted by Crippen LogP contribution is 2.13. The van der Waals surface area contributed by atoms with Gasteiger partial charge in [-0.05, 0) is 26.0 Å². The zero-order valence-corrected chi connectivity index (χ0v) is 10.6. The maximum Gasteiger partial charge on any atom is 0.240 e. The molecule has 0 spiro atoms. The van der Waals surface area contributed by atoms with E-state index in [0.29, 0.717) is 5.69 Å². The third-order valence-corrected chi connectivity index (χ3v) is 3.89. The summed E-state index contributed by atoms with van der Waals surface area (Å²) in [6.45, 7) is 2.80. The van der Waals surface area contributed by atoms with Crippen LogP contribution in [0, 0.1) is 0 Å². The predicted molar refractivity (Wildman–Crippen MR) is 67.7 cm³/mol. The van der Waals surface area contributed by atoms with Gasteiger partial charge in [-0.1, -0.05) is 11.5 Å². The summed E-state index contributed by atoms with van der Waals surface area (Å²) in [6.07, 6.45) is 0. The maximum absolute atomic E-state index is 12.0. The fourth-order valence-electron chi connectivity index (χ4n) is 1.23. The van der Waals surface area contributed by atoms with E-state index in [0.717, 1.165) is 0 Å². The van der Waals surface area contributed by atoms with Gasteiger partial charge in [-0.15, -0.1) is 0 Å². The lowest BCUT2D eigenvalue weighted by molar-refractivity contribution is 0.208. The van der Waals surface area contributed by atoms with Crippen molar-refractivity contribution in [3.05, 3.63) is 18.2 Å². The van der Waals surface area contributed by atoms with E-state index >= 15 is 0 Å². The first kappa shape index (κ1) is 14.0. The van der Waals surface area contributed by atoms with E-state index in [1.807, 2.05) is 0 Å². The minimum Gasteiger partial charge on any atom is -0.399 e. The topological polar surface area (TPSA) is 92.4 Å². The molecule has 7 heteroatoms. The van der Waals surface area contributed by atoms with Gasteiger partial charge in [-0.2, -0.15) is 0 Å². The third kappa shape index (κ3) is 3.45. The molecule has 2 radical (unpaired) electrons. The van der Waals surface area contributed by atoms with Gasteiger partial charge in [0.15, 0.2) is 0 Å². The average molecular weight is 254 g/mol. The largest absolute Gasteiger partial charge is 0.399 e. The number of hydrogen-bond donors (Lipinski definition) is 3. The number of anilines is 1. The highest BCUT2D eigenvalue weighted by molar-refractivity contribution is 7.89. The number of sulfonamides is 1. The summed E-state index contributed by atoms with van der Waals surface area (Å²) in [5, 5.41) is 9.05. The Balaban J connectivity index is 3.18. The van der Waals surface area contributed by atoms with Crippen LogP contribution in [0.4, 0.5) is 5.69 Å². The summed E-state index contributed by atoms with van der Waals surface area (Å²) in [5.74, 6) is 0. The first-order valence-corrected chi connectivity index (χ1v) is 6.46. The SMILES string of the molecule is [B]c1ccc(N)cc1S(=O)(=O)NC(C)(C)CO. The molecule has 0 saturated carbocycles. The Morgan fingerprint density at radius 1 is 1.47 bits per heavy atom. The van der Waals surface area contributed by atoms with Gasteiger partial charge >= 0.3 is 0 Å². The molecule has 1 aromatic rings. The quantitative estimate of drug-likeness (QED) is 0.480. The van der Waals surface area contributed by atoms with Gasteiger partial charge in [0.2, 0.25) is 10.0 Å². The normalized spacial score (nSPS) is 12.6. The summed E-state index contributed by atoms with van der Waals surface area (Å²) < 4.78 is 26.4. The highest BCUT2D eigenvalue weighted by Gasteiger charge is 2.26. The second-order valence-corrected chi connectivity index (χ2v) is 6.10. The van der Waals surface area contributed by atoms with Crippen LogP contribution in [0.5, 0.6) is 0 Å². The van der Waals surface area contributed by atoms with Gasteiger partial charge in [0.25, 0.3) is 0 Å². The maximum atomic E-state index is 12.0. The monoisotopic (exact) mass is 254 g/mol. The van der Waals surface area contributed by atoms with Gasteiger partial charge in [-0.3, -0.25) is 0 Å². The van der Waals surface area contributed by atoms with E-state index in [-0.39, 0.29) is 17.0 Å². The molecule has 0 aliphatic rings. The Labute approximate surface area is 102 Å². The number of aliphatic hydroxyl groups is 1. The fourth-order valence-corrected chi connectivity index (χ4v) is 2.81. The Kier molecular flexibility index (Phi) is 3.86. The van der Waals surface area contributed by atoms with E-state index in [1.165, 1.54) is 18.2 Å². The van der Waals surface area contributed by atoms with Gasteiger partial charge < -0.3 is 10.8 Å². The fraction of sp³-hybridized carbons (Fsp3) is 0.400. The van der Waals surface area contributed by atoms with Crippen LogP contribution in [0.1, 0.15) is 13.8 Å². The van der Waals surface area contributed by atoms with Gasteiger partial charge in [-0.25, -0.2) is 13.1 Å². The van der Waals surface area contributed by atoms with Gasteiger partial charge in [0, 0.05) is 5.69 Å². The molecule has 4 N–H and O–H groups in total. The van der Waals surface area contributed by atoms with E-state index in [4.69, 9.17) is 18.7 Å². The molecule has 92 valence electrons. The van der Waals surface area contributed by atoms with Gasteiger partial charge in [0.05, 0.1) is 17.0 Å². The first-order chi connectivity index (χ1) is 7.68. The summed E-state index contributed by atoms with van der Waals surface area (Å²) in [7, 11) is 1.80. The van der Waals surface area contributed by atoms with Crippen LogP contribution >= 0.6 is 0 Å². The number of nitrogens with two attached hydrogens (primary N) is 1. The van der Waals surface area contributed by atoms with Crippen LogP contribution in [0.25, 0.3) is 0 Å². The van der Waals surface area contributed by atoms with Crippen molar-refractivity contribution in [1.82, 2.24) is 4.72 Å². The molecule has 0 heterocycles. The van der Waals surface area contributed by atoms with E-state index in [2.05, 4.69) is 4.72 Å². The zero-order valence-electron chi connectivity index (χ0n) is 9.77. The van der Waals surface area contributed by atoms with Crippen molar-refractivity contribution in [3.63, 3.8) is 0 Å². The van der Waals surface area contributed by atoms with Crippen LogP contribution in [0.2, 0.25) is 0 Å². The van der Waals surface area contributed by atoms with Crippen molar-refractivity contribution in [2.24, 2.45) is 0 Å². The molecule has 0 aliphatic carbocycles. The molecule has 17 heavy (non-hydrogen) atoms. The number of rotatable bonds is 4. The van der Waals surface area contributed by atoms with Crippen molar-refractivity contribution in [3.8, 4) is 0 Å². The highest BCUT2D eigenvalue weighted by atomic mass is 32.2. The molecule has 0 atom stereocenters. The first-order valence-electron chi connectivity index (χ1n) is 4.98. The number of aliphatic hydroxyl groups excluding tert-OH is 1. The van der Waals surface area contributed by atoms with Gasteiger partial charge in [0.1, 0.15) is 7.85 Å². The molecule has 1 aromatic carbocycles. The molecule has 0 aliphatic heterocycles. The van der Waals surface area contributed by atoms with E-state index in [1.54, 1.807) is 13.8 Å². The minimum atomic E-state index is -3.80. The van der Waals surface area contributed by atoms with Crippen LogP contribution in [-0.4, -0.2) is 33.5 Å². The molecular formula is C10H15BN2O3S. The Morgan fingerprint density at radius 3 is 2.59 bits per heavy atom. The molecule has 0 fully saturated rings. The van der Waals surface area contributed by atoms with Crippen molar-refractivity contribution < 1.29 is 13.5 Å². The molecule has 0 unspecified atom stereocenters. The van der Waals surface area contributed by atoms with Crippen LogP contribution < -0.4 is 15.9 Å². The molecule has 0 bridgehead atoms. The molecular weight excluding hydrogens is 239 g/mol. The van der Waals surface area contributed by atoms with Crippen molar-refractivity contribution in [2.45, 2.75) is 24.3 Å². The summed E-state index contributed by atoms with van der Waals surface area (Å²) in [4.78, 5) is -0.0842. The lowest BCUT2D eigenvalue weighted by atomic mass is 9.96. The smallest absolute Gasteiger partial charge is 0.240 e. The van der Waals surface area contributed by atoms with E-state index in [9.17, 15) is 8.42 Å². The summed E-state index contributed by atoms with van der Waals surface area (Å²) in [5.41, 5.74) is 4.98. The average Bonchev–Trinajstić information content (AvgIpc) is 2.20. The molecule has 0 saturated heterocycles.